The SMILES string of the molecule is CCCNC(=O)/C=C/c1ccc(OCCC)cc1. The van der Waals surface area contributed by atoms with Crippen LogP contribution in [0.25, 0.3) is 6.08 Å². The number of hydrogen-bond acceptors (Lipinski definition) is 2. The number of benzene rings is 1. The Balaban J connectivity index is 2.47. The first kappa shape index (κ1) is 14.3. The van der Waals surface area contributed by atoms with Crippen LogP contribution in [0.3, 0.4) is 0 Å². The highest BCUT2D eigenvalue weighted by Gasteiger charge is 1.95. The Morgan fingerprint density at radius 3 is 2.56 bits per heavy atom. The fourth-order valence-corrected chi connectivity index (χ4v) is 1.37. The highest BCUT2D eigenvalue weighted by molar-refractivity contribution is 5.91. The van der Waals surface area contributed by atoms with Crippen LogP contribution in [-0.2, 0) is 4.79 Å². The zero-order chi connectivity index (χ0) is 13.2. The minimum Gasteiger partial charge on any atom is -0.494 e. The number of rotatable bonds is 7. The van der Waals surface area contributed by atoms with Gasteiger partial charge in [-0.3, -0.25) is 4.79 Å². The maximum absolute atomic E-state index is 11.4. The molecule has 1 aromatic rings. The summed E-state index contributed by atoms with van der Waals surface area (Å²) in [6.45, 7) is 5.55. The number of nitrogens with one attached hydrogen (secondary N) is 1. The summed E-state index contributed by atoms with van der Waals surface area (Å²) in [6.07, 6.45) is 5.30. The first-order valence-corrected chi connectivity index (χ1v) is 6.45. The molecule has 0 saturated carbocycles. The molecule has 0 atom stereocenters. The molecule has 18 heavy (non-hydrogen) atoms. The molecule has 3 heteroatoms. The summed E-state index contributed by atoms with van der Waals surface area (Å²) in [4.78, 5) is 11.4. The number of hydrogen-bond donors (Lipinski definition) is 1. The summed E-state index contributed by atoms with van der Waals surface area (Å²) in [5.74, 6) is 0.813. The second kappa shape index (κ2) is 8.34. The molecule has 0 fully saturated rings. The maximum atomic E-state index is 11.4. The van der Waals surface area contributed by atoms with Gasteiger partial charge in [0.05, 0.1) is 6.61 Å². The lowest BCUT2D eigenvalue weighted by atomic mass is 10.2. The smallest absolute Gasteiger partial charge is 0.243 e. The molecule has 0 aliphatic carbocycles. The lowest BCUT2D eigenvalue weighted by Crippen LogP contribution is -2.21. The maximum Gasteiger partial charge on any atom is 0.243 e. The Bertz CT molecular complexity index is 382. The van der Waals surface area contributed by atoms with Gasteiger partial charge >= 0.3 is 0 Å². The van der Waals surface area contributed by atoms with Crippen LogP contribution >= 0.6 is 0 Å². The number of carbonyl (C=O) groups excluding carboxylic acids is 1. The topological polar surface area (TPSA) is 38.3 Å². The number of carbonyl (C=O) groups is 1. The molecule has 0 aliphatic heterocycles. The highest BCUT2D eigenvalue weighted by Crippen LogP contribution is 2.13. The zero-order valence-electron chi connectivity index (χ0n) is 11.1. The molecular formula is C15H21NO2. The predicted octanol–water partition coefficient (Wildman–Crippen LogP) is 3.01. The van der Waals surface area contributed by atoms with Crippen molar-refractivity contribution in [3.05, 3.63) is 35.9 Å². The van der Waals surface area contributed by atoms with Crippen LogP contribution in [0.1, 0.15) is 32.3 Å². The van der Waals surface area contributed by atoms with Crippen LogP contribution < -0.4 is 10.1 Å². The molecular weight excluding hydrogens is 226 g/mol. The van der Waals surface area contributed by atoms with Crippen molar-refractivity contribution < 1.29 is 9.53 Å². The third-order valence-corrected chi connectivity index (χ3v) is 2.33. The van der Waals surface area contributed by atoms with E-state index >= 15 is 0 Å². The van der Waals surface area contributed by atoms with Crippen LogP contribution in [-0.4, -0.2) is 19.1 Å². The summed E-state index contributed by atoms with van der Waals surface area (Å²) in [5.41, 5.74) is 0.991. The first-order valence-electron chi connectivity index (χ1n) is 6.45. The van der Waals surface area contributed by atoms with E-state index in [4.69, 9.17) is 4.74 Å². The molecule has 0 aromatic heterocycles. The third-order valence-electron chi connectivity index (χ3n) is 2.33. The first-order chi connectivity index (χ1) is 8.76. The lowest BCUT2D eigenvalue weighted by Gasteiger charge is -2.04. The van der Waals surface area contributed by atoms with Gasteiger partial charge in [-0.05, 0) is 36.6 Å². The predicted molar refractivity (Wildman–Crippen MR) is 74.6 cm³/mol. The van der Waals surface area contributed by atoms with E-state index in [1.165, 1.54) is 0 Å². The molecule has 1 aromatic carbocycles. The summed E-state index contributed by atoms with van der Waals surface area (Å²) >= 11 is 0. The van der Waals surface area contributed by atoms with Gasteiger partial charge in [0.15, 0.2) is 0 Å². The Labute approximate surface area is 109 Å². The molecule has 0 bridgehead atoms. The fourth-order valence-electron chi connectivity index (χ4n) is 1.37. The molecule has 0 unspecified atom stereocenters. The van der Waals surface area contributed by atoms with Crippen molar-refractivity contribution in [3.63, 3.8) is 0 Å². The largest absolute Gasteiger partial charge is 0.494 e. The summed E-state index contributed by atoms with van der Waals surface area (Å²) in [6, 6.07) is 7.71. The Morgan fingerprint density at radius 1 is 1.22 bits per heavy atom. The van der Waals surface area contributed by atoms with Gasteiger partial charge in [-0.2, -0.15) is 0 Å². The van der Waals surface area contributed by atoms with Gasteiger partial charge in [0.2, 0.25) is 5.91 Å². The quantitative estimate of drug-likeness (QED) is 0.752. The molecule has 0 aliphatic rings. The summed E-state index contributed by atoms with van der Waals surface area (Å²) in [5, 5.41) is 2.79. The second-order valence-corrected chi connectivity index (χ2v) is 4.04. The average Bonchev–Trinajstić information content (AvgIpc) is 2.41. The zero-order valence-corrected chi connectivity index (χ0v) is 11.1. The van der Waals surface area contributed by atoms with E-state index in [-0.39, 0.29) is 5.91 Å². The van der Waals surface area contributed by atoms with E-state index in [1.54, 1.807) is 12.2 Å². The monoisotopic (exact) mass is 247 g/mol. The average molecular weight is 247 g/mol. The second-order valence-electron chi connectivity index (χ2n) is 4.04. The minimum absolute atomic E-state index is 0.0526. The number of amides is 1. The van der Waals surface area contributed by atoms with E-state index < -0.39 is 0 Å². The van der Waals surface area contributed by atoms with Crippen LogP contribution in [0.15, 0.2) is 30.3 Å². The van der Waals surface area contributed by atoms with Crippen LogP contribution in [0, 0.1) is 0 Å². The van der Waals surface area contributed by atoms with E-state index in [1.807, 2.05) is 31.2 Å². The van der Waals surface area contributed by atoms with Crippen molar-refractivity contribution in [1.82, 2.24) is 5.32 Å². The number of ether oxygens (including phenoxy) is 1. The standard InChI is InChI=1S/C15H21NO2/c1-3-11-16-15(17)10-7-13-5-8-14(9-6-13)18-12-4-2/h5-10H,3-4,11-12H2,1-2H3,(H,16,17)/b10-7+. The molecule has 0 saturated heterocycles. The van der Waals surface area contributed by atoms with Crippen molar-refractivity contribution in [3.8, 4) is 5.75 Å². The fraction of sp³-hybridized carbons (Fsp3) is 0.400. The van der Waals surface area contributed by atoms with E-state index in [0.717, 1.165) is 30.8 Å². The van der Waals surface area contributed by atoms with E-state index in [9.17, 15) is 4.79 Å². The molecule has 1 rings (SSSR count). The molecule has 0 radical (unpaired) electrons. The van der Waals surface area contributed by atoms with Crippen molar-refractivity contribution in [2.45, 2.75) is 26.7 Å². The third kappa shape index (κ3) is 5.53. The van der Waals surface area contributed by atoms with Gasteiger partial charge in [-0.15, -0.1) is 0 Å². The van der Waals surface area contributed by atoms with Gasteiger partial charge in [0.25, 0.3) is 0 Å². The van der Waals surface area contributed by atoms with Gasteiger partial charge in [0.1, 0.15) is 5.75 Å². The van der Waals surface area contributed by atoms with Crippen molar-refractivity contribution >= 4 is 12.0 Å². The highest BCUT2D eigenvalue weighted by atomic mass is 16.5. The molecule has 3 nitrogen and oxygen atoms in total. The van der Waals surface area contributed by atoms with Gasteiger partial charge < -0.3 is 10.1 Å². The van der Waals surface area contributed by atoms with Crippen molar-refractivity contribution in [2.75, 3.05) is 13.2 Å². The normalized spacial score (nSPS) is 10.6. The van der Waals surface area contributed by atoms with E-state index in [0.29, 0.717) is 6.54 Å². The summed E-state index contributed by atoms with van der Waals surface area (Å²) < 4.78 is 5.49. The Kier molecular flexibility index (Phi) is 6.62. The van der Waals surface area contributed by atoms with E-state index in [2.05, 4.69) is 12.2 Å². The molecule has 1 N–H and O–H groups in total. The van der Waals surface area contributed by atoms with Gasteiger partial charge in [-0.1, -0.05) is 26.0 Å². The van der Waals surface area contributed by atoms with Gasteiger partial charge in [0, 0.05) is 12.6 Å². The Morgan fingerprint density at radius 2 is 1.94 bits per heavy atom. The molecule has 0 spiro atoms. The van der Waals surface area contributed by atoms with Crippen LogP contribution in [0.4, 0.5) is 0 Å². The van der Waals surface area contributed by atoms with Crippen LogP contribution in [0.2, 0.25) is 0 Å². The van der Waals surface area contributed by atoms with Crippen molar-refractivity contribution in [2.24, 2.45) is 0 Å². The lowest BCUT2D eigenvalue weighted by molar-refractivity contribution is -0.116. The Hall–Kier alpha value is -1.77. The van der Waals surface area contributed by atoms with Crippen molar-refractivity contribution in [1.29, 1.82) is 0 Å². The summed E-state index contributed by atoms with van der Waals surface area (Å²) in [7, 11) is 0. The molecule has 0 heterocycles. The van der Waals surface area contributed by atoms with Crippen LogP contribution in [0.5, 0.6) is 5.75 Å². The molecule has 1 amide bonds. The minimum atomic E-state index is -0.0526. The van der Waals surface area contributed by atoms with Gasteiger partial charge in [-0.25, -0.2) is 0 Å². The molecule has 98 valence electrons.